The zero-order chi connectivity index (χ0) is 12.0. The van der Waals surface area contributed by atoms with E-state index in [1.54, 1.807) is 6.20 Å². The Morgan fingerprint density at radius 1 is 1.31 bits per heavy atom. The molecule has 1 heterocycles. The van der Waals surface area contributed by atoms with E-state index in [1.807, 2.05) is 6.07 Å². The normalized spacial score (nSPS) is 10.8. The molecule has 0 atom stereocenters. The first-order valence-corrected chi connectivity index (χ1v) is 5.89. The molecule has 0 N–H and O–H groups in total. The average Bonchev–Trinajstić information content (AvgIpc) is 2.24. The lowest BCUT2D eigenvalue weighted by molar-refractivity contribution is 0.400. The molecule has 0 radical (unpaired) electrons. The van der Waals surface area contributed by atoms with E-state index in [0.29, 0.717) is 5.28 Å². The third-order valence-corrected chi connectivity index (χ3v) is 2.53. The summed E-state index contributed by atoms with van der Waals surface area (Å²) in [6, 6.07) is 1.89. The van der Waals surface area contributed by atoms with Crippen molar-refractivity contribution in [2.45, 2.75) is 13.3 Å². The van der Waals surface area contributed by atoms with Gasteiger partial charge in [0.15, 0.2) is 0 Å². The first-order chi connectivity index (χ1) is 7.63. The second-order valence-electron chi connectivity index (χ2n) is 3.92. The standard InChI is InChI=1S/C11H19ClN4/c1-4-16(9-5-8-15(2)3)10-6-7-13-11(12)14-10/h6-7H,4-5,8-9H2,1-3H3. The van der Waals surface area contributed by atoms with Crippen molar-refractivity contribution in [3.05, 3.63) is 17.5 Å². The van der Waals surface area contributed by atoms with Crippen LogP contribution in [0.4, 0.5) is 5.82 Å². The molecule has 90 valence electrons. The van der Waals surface area contributed by atoms with Gasteiger partial charge in [-0.05, 0) is 51.7 Å². The highest BCUT2D eigenvalue weighted by Crippen LogP contribution is 2.12. The molecule has 0 unspecified atom stereocenters. The molecule has 1 aromatic rings. The van der Waals surface area contributed by atoms with Crippen molar-refractivity contribution in [1.29, 1.82) is 0 Å². The fraction of sp³-hybridized carbons (Fsp3) is 0.636. The molecule has 0 aliphatic rings. The van der Waals surface area contributed by atoms with Crippen molar-refractivity contribution in [2.75, 3.05) is 38.6 Å². The highest BCUT2D eigenvalue weighted by Gasteiger charge is 2.06. The van der Waals surface area contributed by atoms with Gasteiger partial charge in [-0.2, -0.15) is 0 Å². The number of halogens is 1. The van der Waals surface area contributed by atoms with Crippen LogP contribution in [0.2, 0.25) is 5.28 Å². The van der Waals surface area contributed by atoms with Gasteiger partial charge >= 0.3 is 0 Å². The van der Waals surface area contributed by atoms with E-state index in [4.69, 9.17) is 11.6 Å². The molecule has 0 saturated heterocycles. The summed E-state index contributed by atoms with van der Waals surface area (Å²) in [6.07, 6.45) is 2.81. The summed E-state index contributed by atoms with van der Waals surface area (Å²) in [5, 5.41) is 0.309. The fourth-order valence-corrected chi connectivity index (χ4v) is 1.66. The Morgan fingerprint density at radius 2 is 2.06 bits per heavy atom. The van der Waals surface area contributed by atoms with Gasteiger partial charge in [0.25, 0.3) is 0 Å². The third-order valence-electron chi connectivity index (χ3n) is 2.35. The van der Waals surface area contributed by atoms with E-state index >= 15 is 0 Å². The molecule has 5 heteroatoms. The van der Waals surface area contributed by atoms with Crippen molar-refractivity contribution in [2.24, 2.45) is 0 Å². The number of hydrogen-bond acceptors (Lipinski definition) is 4. The lowest BCUT2D eigenvalue weighted by Crippen LogP contribution is -2.27. The summed E-state index contributed by atoms with van der Waals surface area (Å²) >= 11 is 5.77. The number of nitrogens with zero attached hydrogens (tertiary/aromatic N) is 4. The second-order valence-corrected chi connectivity index (χ2v) is 4.26. The van der Waals surface area contributed by atoms with Crippen molar-refractivity contribution in [3.63, 3.8) is 0 Å². The molecule has 0 spiro atoms. The van der Waals surface area contributed by atoms with Crippen LogP contribution >= 0.6 is 11.6 Å². The van der Waals surface area contributed by atoms with Gasteiger partial charge in [0.05, 0.1) is 0 Å². The molecule has 1 aromatic heterocycles. The van der Waals surface area contributed by atoms with Crippen LogP contribution in [-0.4, -0.2) is 48.6 Å². The molecule has 4 nitrogen and oxygen atoms in total. The minimum atomic E-state index is 0.309. The lowest BCUT2D eigenvalue weighted by Gasteiger charge is -2.22. The summed E-state index contributed by atoms with van der Waals surface area (Å²) in [6.45, 7) is 5.11. The van der Waals surface area contributed by atoms with Gasteiger partial charge in [-0.15, -0.1) is 0 Å². The Morgan fingerprint density at radius 3 is 2.62 bits per heavy atom. The monoisotopic (exact) mass is 242 g/mol. The molecule has 1 rings (SSSR count). The van der Waals surface area contributed by atoms with Crippen LogP contribution in [0, 0.1) is 0 Å². The van der Waals surface area contributed by atoms with Crippen LogP contribution in [0.15, 0.2) is 12.3 Å². The summed E-state index contributed by atoms with van der Waals surface area (Å²) in [7, 11) is 4.16. The Kier molecular flexibility index (Phi) is 5.49. The molecule has 0 saturated carbocycles. The molecule has 0 aliphatic carbocycles. The molecular weight excluding hydrogens is 224 g/mol. The number of anilines is 1. The van der Waals surface area contributed by atoms with Crippen molar-refractivity contribution >= 4 is 17.4 Å². The van der Waals surface area contributed by atoms with E-state index in [1.165, 1.54) is 0 Å². The van der Waals surface area contributed by atoms with Gasteiger partial charge in [-0.1, -0.05) is 0 Å². The van der Waals surface area contributed by atoms with Gasteiger partial charge in [0, 0.05) is 19.3 Å². The van der Waals surface area contributed by atoms with Gasteiger partial charge in [-0.25, -0.2) is 9.97 Å². The fourth-order valence-electron chi connectivity index (χ4n) is 1.51. The third kappa shape index (κ3) is 4.33. The maximum absolute atomic E-state index is 5.77. The SMILES string of the molecule is CCN(CCCN(C)C)c1ccnc(Cl)n1. The number of rotatable bonds is 6. The zero-order valence-corrected chi connectivity index (χ0v) is 10.9. The highest BCUT2D eigenvalue weighted by atomic mass is 35.5. The molecule has 0 fully saturated rings. The van der Waals surface area contributed by atoms with Crippen molar-refractivity contribution in [3.8, 4) is 0 Å². The van der Waals surface area contributed by atoms with Crippen molar-refractivity contribution in [1.82, 2.24) is 14.9 Å². The van der Waals surface area contributed by atoms with Crippen molar-refractivity contribution < 1.29 is 0 Å². The minimum absolute atomic E-state index is 0.309. The Labute approximate surface area is 102 Å². The van der Waals surface area contributed by atoms with E-state index in [-0.39, 0.29) is 0 Å². The largest absolute Gasteiger partial charge is 0.357 e. The lowest BCUT2D eigenvalue weighted by atomic mass is 10.3. The Bertz CT molecular complexity index is 317. The van der Waals surface area contributed by atoms with E-state index in [0.717, 1.165) is 31.9 Å². The smallest absolute Gasteiger partial charge is 0.224 e. The average molecular weight is 243 g/mol. The first kappa shape index (κ1) is 13.2. The van der Waals surface area contributed by atoms with Crippen LogP contribution in [-0.2, 0) is 0 Å². The van der Waals surface area contributed by atoms with Crippen LogP contribution in [0.5, 0.6) is 0 Å². The summed E-state index contributed by atoms with van der Waals surface area (Å²) in [5.41, 5.74) is 0. The predicted molar refractivity (Wildman–Crippen MR) is 68.1 cm³/mol. The van der Waals surface area contributed by atoms with Gasteiger partial charge < -0.3 is 9.80 Å². The first-order valence-electron chi connectivity index (χ1n) is 5.51. The maximum atomic E-state index is 5.77. The molecule has 0 bridgehead atoms. The Hall–Kier alpha value is -0.870. The quantitative estimate of drug-likeness (QED) is 0.714. The highest BCUT2D eigenvalue weighted by molar-refractivity contribution is 6.28. The summed E-state index contributed by atoms with van der Waals surface area (Å²) < 4.78 is 0. The number of aromatic nitrogens is 2. The number of hydrogen-bond donors (Lipinski definition) is 0. The van der Waals surface area contributed by atoms with Crippen LogP contribution in [0.1, 0.15) is 13.3 Å². The van der Waals surface area contributed by atoms with Gasteiger partial charge in [-0.3, -0.25) is 0 Å². The molecule has 16 heavy (non-hydrogen) atoms. The van der Waals surface area contributed by atoms with Crippen LogP contribution in [0.3, 0.4) is 0 Å². The Balaban J connectivity index is 2.53. The van der Waals surface area contributed by atoms with E-state index in [9.17, 15) is 0 Å². The molecule has 0 amide bonds. The summed E-state index contributed by atoms with van der Waals surface area (Å²) in [5.74, 6) is 0.904. The zero-order valence-electron chi connectivity index (χ0n) is 10.1. The maximum Gasteiger partial charge on any atom is 0.224 e. The van der Waals surface area contributed by atoms with E-state index in [2.05, 4.69) is 40.8 Å². The molecule has 0 aromatic carbocycles. The minimum Gasteiger partial charge on any atom is -0.357 e. The summed E-state index contributed by atoms with van der Waals surface area (Å²) in [4.78, 5) is 12.5. The van der Waals surface area contributed by atoms with Crippen LogP contribution in [0.25, 0.3) is 0 Å². The molecule has 0 aliphatic heterocycles. The van der Waals surface area contributed by atoms with Crippen LogP contribution < -0.4 is 4.90 Å². The van der Waals surface area contributed by atoms with Gasteiger partial charge in [0.1, 0.15) is 5.82 Å². The van der Waals surface area contributed by atoms with E-state index < -0.39 is 0 Å². The topological polar surface area (TPSA) is 32.3 Å². The van der Waals surface area contributed by atoms with Gasteiger partial charge in [0.2, 0.25) is 5.28 Å². The predicted octanol–water partition coefficient (Wildman–Crippen LogP) is 1.91. The molecular formula is C11H19ClN4. The second kappa shape index (κ2) is 6.66.